The number of fused-ring (bicyclic) bond motifs is 1. The van der Waals surface area contributed by atoms with Crippen LogP contribution in [0.4, 0.5) is 0 Å². The number of rotatable bonds is 0. The van der Waals surface area contributed by atoms with Crippen LogP contribution < -0.4 is 24.8 Å². The van der Waals surface area contributed by atoms with E-state index in [1.807, 2.05) is 12.1 Å². The van der Waals surface area contributed by atoms with E-state index in [1.165, 1.54) is 45.8 Å². The van der Waals surface area contributed by atoms with Crippen LogP contribution in [0.1, 0.15) is 45.7 Å². The molecule has 0 bridgehead atoms. The van der Waals surface area contributed by atoms with Crippen molar-refractivity contribution in [2.24, 2.45) is 0 Å². The van der Waals surface area contributed by atoms with Crippen LogP contribution in [-0.4, -0.2) is 3.26 Å². The summed E-state index contributed by atoms with van der Waals surface area (Å²) in [7, 11) is 0. The van der Waals surface area contributed by atoms with Crippen molar-refractivity contribution in [2.75, 3.05) is 0 Å². The van der Waals surface area contributed by atoms with Crippen LogP contribution in [0.15, 0.2) is 60.7 Å². The first kappa shape index (κ1) is 26.7. The summed E-state index contributed by atoms with van der Waals surface area (Å²) in [6.07, 6.45) is 0. The van der Waals surface area contributed by atoms with Gasteiger partial charge < -0.3 is 24.8 Å². The van der Waals surface area contributed by atoms with Crippen molar-refractivity contribution in [1.29, 1.82) is 0 Å². The molecule has 3 aromatic rings. The number of hydrogen-bond donors (Lipinski definition) is 0. The van der Waals surface area contributed by atoms with Crippen molar-refractivity contribution in [1.82, 2.24) is 0 Å². The Balaban J connectivity index is 0. The van der Waals surface area contributed by atoms with Gasteiger partial charge in [0.05, 0.1) is 0 Å². The minimum absolute atomic E-state index is 0. The molecule has 3 heteroatoms. The summed E-state index contributed by atoms with van der Waals surface area (Å²) in [6, 6.07) is 21.3. The van der Waals surface area contributed by atoms with Crippen molar-refractivity contribution in [3.8, 4) is 0 Å². The molecule has 0 nitrogen and oxygen atoms in total. The van der Waals surface area contributed by atoms with Crippen LogP contribution in [0.2, 0.25) is 0 Å². The Morgan fingerprint density at radius 3 is 1.92 bits per heavy atom. The molecule has 0 spiro atoms. The van der Waals surface area contributed by atoms with Crippen molar-refractivity contribution < 1.29 is 48.7 Å². The molecule has 0 fully saturated rings. The summed E-state index contributed by atoms with van der Waals surface area (Å²) in [5.41, 5.74) is 3.04. The number of halogens is 2. The SMILES string of the molecule is CC(C)(C)c1c[cH-]c2ccccc12.C[C](C)=[Hf+2].Cc1cc[cH-]c1.[Cl-].[Cl-]. The van der Waals surface area contributed by atoms with E-state index in [9.17, 15) is 0 Å². The normalized spacial score (nSPS) is 9.60. The van der Waals surface area contributed by atoms with E-state index in [4.69, 9.17) is 0 Å². The first-order valence-corrected chi connectivity index (χ1v) is 9.86. The Kier molecular flexibility index (Phi) is 13.7. The van der Waals surface area contributed by atoms with Gasteiger partial charge in [0.2, 0.25) is 0 Å². The summed E-state index contributed by atoms with van der Waals surface area (Å²) >= 11 is 1.27. The molecule has 0 aliphatic carbocycles. The number of benzene rings is 1. The Morgan fingerprint density at radius 2 is 1.52 bits per heavy atom. The monoisotopic (exact) mass is 542 g/mol. The smallest absolute Gasteiger partial charge is 0.0961 e. The molecule has 0 unspecified atom stereocenters. The van der Waals surface area contributed by atoms with Gasteiger partial charge in [0.15, 0.2) is 0 Å². The predicted molar refractivity (Wildman–Crippen MR) is 101 cm³/mol. The van der Waals surface area contributed by atoms with Gasteiger partial charge in [0, 0.05) is 0 Å². The Bertz CT molecular complexity index is 712. The second-order valence-electron chi connectivity index (χ2n) is 7.05. The standard InChI is InChI=1S/C13H15.C6H7.C3H6.2ClH.Hf/c1-13(2,3)12-9-8-10-6-4-5-7-11(10)12;1-6-4-2-3-5-6;1-3-2;;;/h4-9H,1-3H3;2-5H,1H3;1-2H3;2*1H;/q2*-1;;;;+2/p-2. The quantitative estimate of drug-likeness (QED) is 0.284. The fourth-order valence-electron chi connectivity index (χ4n) is 2.27. The van der Waals surface area contributed by atoms with E-state index in [2.05, 4.69) is 90.1 Å². The largest absolute Gasteiger partial charge is 1.00 e. The third kappa shape index (κ3) is 10.3. The van der Waals surface area contributed by atoms with Gasteiger partial charge in [-0.1, -0.05) is 39.2 Å². The minimum Gasteiger partial charge on any atom is -1.00 e. The van der Waals surface area contributed by atoms with E-state index < -0.39 is 0 Å². The summed E-state index contributed by atoms with van der Waals surface area (Å²) in [6.45, 7) is 13.1. The van der Waals surface area contributed by atoms with E-state index in [0.717, 1.165) is 0 Å². The van der Waals surface area contributed by atoms with Crippen molar-refractivity contribution in [2.45, 2.75) is 47.0 Å². The maximum atomic E-state index is 2.26. The summed E-state index contributed by atoms with van der Waals surface area (Å²) < 4.78 is 1.56. The summed E-state index contributed by atoms with van der Waals surface area (Å²) in [5.74, 6) is 0. The zero-order valence-electron chi connectivity index (χ0n) is 16.0. The third-order valence-corrected chi connectivity index (χ3v) is 3.32. The Labute approximate surface area is 180 Å². The number of hydrogen-bond acceptors (Lipinski definition) is 0. The van der Waals surface area contributed by atoms with E-state index in [1.54, 1.807) is 3.26 Å². The van der Waals surface area contributed by atoms with Crippen LogP contribution in [0.25, 0.3) is 10.8 Å². The molecule has 3 rings (SSSR count). The molecule has 0 saturated heterocycles. The second kappa shape index (κ2) is 12.8. The molecule has 0 saturated carbocycles. The fourth-order valence-corrected chi connectivity index (χ4v) is 2.27. The zero-order valence-corrected chi connectivity index (χ0v) is 21.1. The topological polar surface area (TPSA) is 0 Å². The fraction of sp³-hybridized carbons (Fsp3) is 0.318. The average Bonchev–Trinajstić information content (AvgIpc) is 3.06. The van der Waals surface area contributed by atoms with E-state index >= 15 is 0 Å². The molecule has 0 aromatic heterocycles. The van der Waals surface area contributed by atoms with Gasteiger partial charge in [-0.15, -0.1) is 46.7 Å². The first-order chi connectivity index (χ1) is 10.7. The van der Waals surface area contributed by atoms with Crippen molar-refractivity contribution >= 4 is 14.0 Å². The van der Waals surface area contributed by atoms with Crippen LogP contribution in [0.3, 0.4) is 0 Å². The molecular weight excluding hydrogens is 514 g/mol. The molecule has 0 atom stereocenters. The van der Waals surface area contributed by atoms with Gasteiger partial charge in [0.1, 0.15) is 0 Å². The van der Waals surface area contributed by atoms with Gasteiger partial charge >= 0.3 is 41.0 Å². The van der Waals surface area contributed by atoms with Gasteiger partial charge in [-0.25, -0.2) is 11.6 Å². The summed E-state index contributed by atoms with van der Waals surface area (Å²) in [4.78, 5) is 0. The molecule has 0 aliphatic heterocycles. The third-order valence-electron chi connectivity index (χ3n) is 3.32. The second-order valence-corrected chi connectivity index (χ2v) is 10.6. The molecule has 136 valence electrons. The van der Waals surface area contributed by atoms with E-state index in [0.29, 0.717) is 0 Å². The predicted octanol–water partition coefficient (Wildman–Crippen LogP) is 0.324. The maximum absolute atomic E-state index is 2.26. The molecule has 0 aliphatic rings. The molecule has 0 N–H and O–H groups in total. The van der Waals surface area contributed by atoms with Gasteiger partial charge in [-0.3, -0.25) is 0 Å². The van der Waals surface area contributed by atoms with Gasteiger partial charge in [-0.2, -0.15) is 18.2 Å². The van der Waals surface area contributed by atoms with Crippen LogP contribution >= 0.6 is 0 Å². The van der Waals surface area contributed by atoms with Crippen LogP contribution in [0.5, 0.6) is 0 Å². The molecule has 0 amide bonds. The Morgan fingerprint density at radius 1 is 0.960 bits per heavy atom. The van der Waals surface area contributed by atoms with Crippen molar-refractivity contribution in [3.05, 3.63) is 71.8 Å². The molecule has 0 heterocycles. The van der Waals surface area contributed by atoms with Crippen molar-refractivity contribution in [3.63, 3.8) is 0 Å². The maximum Gasteiger partial charge on any atom is -0.0961 e. The molecule has 3 aromatic carbocycles. The molecular formula is C22H28Cl2Hf-2. The van der Waals surface area contributed by atoms with Gasteiger partial charge in [-0.05, 0) is 0 Å². The minimum atomic E-state index is 0. The molecule has 25 heavy (non-hydrogen) atoms. The zero-order chi connectivity index (χ0) is 17.5. The Hall–Kier alpha value is -0.500. The van der Waals surface area contributed by atoms with Crippen LogP contribution in [-0.2, 0) is 29.3 Å². The first-order valence-electron chi connectivity index (χ1n) is 8.07. The number of aryl methyl sites for hydroxylation is 1. The summed E-state index contributed by atoms with van der Waals surface area (Å²) in [5, 5.41) is 2.75. The van der Waals surface area contributed by atoms with E-state index in [-0.39, 0.29) is 30.2 Å². The van der Waals surface area contributed by atoms with Crippen LogP contribution in [0, 0.1) is 6.92 Å². The molecule has 0 radical (unpaired) electrons. The average molecular weight is 542 g/mol. The van der Waals surface area contributed by atoms with Gasteiger partial charge in [0.25, 0.3) is 0 Å².